The predicted octanol–water partition coefficient (Wildman–Crippen LogP) is 4.24. The van der Waals surface area contributed by atoms with E-state index in [1.807, 2.05) is 30.3 Å². The van der Waals surface area contributed by atoms with Crippen molar-refractivity contribution in [2.75, 3.05) is 25.7 Å². The largest absolute Gasteiger partial charge is 0.493 e. The number of benzene rings is 3. The number of aromatic nitrogens is 1. The Kier molecular flexibility index (Phi) is 7.29. The molecule has 1 aromatic heterocycles. The number of ether oxygens (including phenoxy) is 3. The topological polar surface area (TPSA) is 104 Å². The molecule has 0 fully saturated rings. The van der Waals surface area contributed by atoms with E-state index in [2.05, 4.69) is 4.98 Å². The third-order valence-corrected chi connectivity index (χ3v) is 5.58. The number of nitrogens with zero attached hydrogens (tertiary/aromatic N) is 2. The summed E-state index contributed by atoms with van der Waals surface area (Å²) < 4.78 is 31.7. The summed E-state index contributed by atoms with van der Waals surface area (Å²) in [6, 6.07) is 18.4. The number of amides is 2. The van der Waals surface area contributed by atoms with Gasteiger partial charge in [-0.25, -0.2) is 4.39 Å². The molecule has 2 N–H and O–H groups in total. The Morgan fingerprint density at radius 1 is 0.917 bits per heavy atom. The maximum Gasteiger partial charge on any atom is 0.316 e. The van der Waals surface area contributed by atoms with Gasteiger partial charge in [-0.2, -0.15) is 0 Å². The minimum Gasteiger partial charge on any atom is -0.493 e. The fourth-order valence-corrected chi connectivity index (χ4v) is 3.76. The van der Waals surface area contributed by atoms with Crippen molar-refractivity contribution in [1.82, 2.24) is 4.98 Å². The number of hydrogen-bond acceptors (Lipinski definition) is 6. The number of hydrogen-bond donors (Lipinski definition) is 1. The molecule has 0 unspecified atom stereocenters. The van der Waals surface area contributed by atoms with Gasteiger partial charge in [-0.1, -0.05) is 30.3 Å². The zero-order valence-electron chi connectivity index (χ0n) is 19.7. The van der Waals surface area contributed by atoms with Gasteiger partial charge in [0, 0.05) is 35.9 Å². The zero-order chi connectivity index (χ0) is 25.7. The normalized spacial score (nSPS) is 10.6. The van der Waals surface area contributed by atoms with Gasteiger partial charge in [0.1, 0.15) is 5.75 Å². The smallest absolute Gasteiger partial charge is 0.316 e. The van der Waals surface area contributed by atoms with Crippen LogP contribution in [0.1, 0.15) is 5.56 Å². The van der Waals surface area contributed by atoms with Gasteiger partial charge in [-0.15, -0.1) is 0 Å². The standard InChI is InChI=1S/C27H24FN3O5/c1-34-24-15-19-21(16-25(24)35-2)30-12-10-22(19)36-23-9-8-18(14-20(23)28)31(27(33)26(29)32)13-11-17-6-4-3-5-7-17/h3-10,12,14-16H,11,13H2,1-2H3,(H2,29,32). The Hall–Kier alpha value is -4.66. The molecule has 0 aliphatic carbocycles. The lowest BCUT2D eigenvalue weighted by molar-refractivity contribution is -0.135. The molecule has 4 rings (SSSR count). The maximum absolute atomic E-state index is 15.1. The van der Waals surface area contributed by atoms with E-state index in [-0.39, 0.29) is 18.0 Å². The molecule has 0 spiro atoms. The molecule has 36 heavy (non-hydrogen) atoms. The molecule has 0 aliphatic rings. The fraction of sp³-hybridized carbons (Fsp3) is 0.148. The molecular formula is C27H24FN3O5. The van der Waals surface area contributed by atoms with Gasteiger partial charge in [0.15, 0.2) is 23.1 Å². The molecule has 9 heteroatoms. The quantitative estimate of drug-likeness (QED) is 0.371. The van der Waals surface area contributed by atoms with Gasteiger partial charge in [0.05, 0.1) is 19.7 Å². The molecule has 0 atom stereocenters. The molecule has 3 aromatic carbocycles. The highest BCUT2D eigenvalue weighted by molar-refractivity contribution is 6.39. The Balaban J connectivity index is 1.63. The molecular weight excluding hydrogens is 465 g/mol. The third kappa shape index (κ3) is 5.20. The van der Waals surface area contributed by atoms with E-state index in [0.29, 0.717) is 34.6 Å². The lowest BCUT2D eigenvalue weighted by Crippen LogP contribution is -2.41. The van der Waals surface area contributed by atoms with Crippen LogP contribution in [-0.2, 0) is 16.0 Å². The van der Waals surface area contributed by atoms with Gasteiger partial charge in [0.2, 0.25) is 0 Å². The van der Waals surface area contributed by atoms with Gasteiger partial charge < -0.3 is 24.8 Å². The van der Waals surface area contributed by atoms with Crippen molar-refractivity contribution < 1.29 is 28.2 Å². The van der Waals surface area contributed by atoms with Crippen molar-refractivity contribution >= 4 is 28.4 Å². The van der Waals surface area contributed by atoms with Crippen LogP contribution in [-0.4, -0.2) is 37.6 Å². The molecule has 0 bridgehead atoms. The number of carbonyl (C=O) groups excluding carboxylic acids is 2. The number of fused-ring (bicyclic) bond motifs is 1. The van der Waals surface area contributed by atoms with Crippen LogP contribution in [0, 0.1) is 5.82 Å². The summed E-state index contributed by atoms with van der Waals surface area (Å²) in [5, 5.41) is 0.590. The average molecular weight is 490 g/mol. The minimum atomic E-state index is -1.13. The summed E-state index contributed by atoms with van der Waals surface area (Å²) in [5.74, 6) is -1.54. The molecule has 8 nitrogen and oxygen atoms in total. The van der Waals surface area contributed by atoms with E-state index >= 15 is 4.39 Å². The van der Waals surface area contributed by atoms with Crippen LogP contribution in [0.4, 0.5) is 10.1 Å². The molecule has 184 valence electrons. The van der Waals surface area contributed by atoms with Crippen molar-refractivity contribution in [3.8, 4) is 23.0 Å². The first-order valence-corrected chi connectivity index (χ1v) is 11.0. The summed E-state index contributed by atoms with van der Waals surface area (Å²) >= 11 is 0. The second kappa shape index (κ2) is 10.7. The number of primary amides is 1. The first-order valence-electron chi connectivity index (χ1n) is 11.0. The molecule has 4 aromatic rings. The molecule has 0 saturated heterocycles. The lowest BCUT2D eigenvalue weighted by atomic mass is 10.1. The Morgan fingerprint density at radius 2 is 1.64 bits per heavy atom. The van der Waals surface area contributed by atoms with Crippen LogP contribution in [0.5, 0.6) is 23.0 Å². The van der Waals surface area contributed by atoms with E-state index in [4.69, 9.17) is 19.9 Å². The van der Waals surface area contributed by atoms with E-state index in [1.54, 1.807) is 18.2 Å². The number of nitrogens with two attached hydrogens (primary N) is 1. The maximum atomic E-state index is 15.1. The predicted molar refractivity (Wildman–Crippen MR) is 133 cm³/mol. The summed E-state index contributed by atoms with van der Waals surface area (Å²) in [4.78, 5) is 29.6. The first-order chi connectivity index (χ1) is 17.4. The SMILES string of the molecule is COc1cc2nccc(Oc3ccc(N(CCc4ccccc4)C(=O)C(N)=O)cc3F)c2cc1OC. The average Bonchev–Trinajstić information content (AvgIpc) is 2.89. The molecule has 1 heterocycles. The highest BCUT2D eigenvalue weighted by Crippen LogP contribution is 2.37. The van der Waals surface area contributed by atoms with Gasteiger partial charge in [-0.3, -0.25) is 14.6 Å². The van der Waals surface area contributed by atoms with Gasteiger partial charge >= 0.3 is 11.8 Å². The highest BCUT2D eigenvalue weighted by atomic mass is 19.1. The molecule has 2 amide bonds. The summed E-state index contributed by atoms with van der Waals surface area (Å²) in [7, 11) is 3.03. The van der Waals surface area contributed by atoms with E-state index < -0.39 is 17.6 Å². The van der Waals surface area contributed by atoms with Gasteiger partial charge in [-0.05, 0) is 36.2 Å². The fourth-order valence-electron chi connectivity index (χ4n) is 3.76. The lowest BCUT2D eigenvalue weighted by Gasteiger charge is -2.22. The Labute approximate surface area is 207 Å². The zero-order valence-corrected chi connectivity index (χ0v) is 19.7. The van der Waals surface area contributed by atoms with Crippen LogP contribution in [0.15, 0.2) is 72.9 Å². The van der Waals surface area contributed by atoms with Crippen molar-refractivity contribution in [2.24, 2.45) is 5.73 Å². The van der Waals surface area contributed by atoms with Crippen LogP contribution in [0.3, 0.4) is 0 Å². The van der Waals surface area contributed by atoms with Crippen molar-refractivity contribution in [3.63, 3.8) is 0 Å². The van der Waals surface area contributed by atoms with E-state index in [0.717, 1.165) is 16.5 Å². The second-order valence-corrected chi connectivity index (χ2v) is 7.81. The summed E-state index contributed by atoms with van der Waals surface area (Å²) in [6.45, 7) is 0.141. The van der Waals surface area contributed by atoms with E-state index in [9.17, 15) is 9.59 Å². The van der Waals surface area contributed by atoms with Gasteiger partial charge in [0.25, 0.3) is 0 Å². The molecule has 0 radical (unpaired) electrons. The highest BCUT2D eigenvalue weighted by Gasteiger charge is 2.22. The number of anilines is 1. The summed E-state index contributed by atoms with van der Waals surface area (Å²) in [6.07, 6.45) is 1.99. The Morgan fingerprint density at radius 3 is 2.31 bits per heavy atom. The molecule has 0 aliphatic heterocycles. The monoisotopic (exact) mass is 489 g/mol. The van der Waals surface area contributed by atoms with Crippen LogP contribution >= 0.6 is 0 Å². The Bertz CT molecular complexity index is 1410. The number of methoxy groups -OCH3 is 2. The third-order valence-electron chi connectivity index (χ3n) is 5.58. The number of rotatable bonds is 8. The van der Waals surface area contributed by atoms with Crippen LogP contribution < -0.4 is 24.8 Å². The van der Waals surface area contributed by atoms with Crippen LogP contribution in [0.25, 0.3) is 10.9 Å². The number of pyridine rings is 1. The molecule has 0 saturated carbocycles. The second-order valence-electron chi connectivity index (χ2n) is 7.81. The first kappa shape index (κ1) is 24.5. The number of carbonyl (C=O) groups is 2. The van der Waals surface area contributed by atoms with Crippen molar-refractivity contribution in [2.45, 2.75) is 6.42 Å². The minimum absolute atomic E-state index is 0.0735. The summed E-state index contributed by atoms with van der Waals surface area (Å²) in [5.41, 5.74) is 6.95. The van der Waals surface area contributed by atoms with Crippen LogP contribution in [0.2, 0.25) is 0 Å². The number of halogens is 1. The van der Waals surface area contributed by atoms with E-state index in [1.165, 1.54) is 32.5 Å². The van der Waals surface area contributed by atoms with Crippen molar-refractivity contribution in [1.29, 1.82) is 0 Å². The van der Waals surface area contributed by atoms with Crippen molar-refractivity contribution in [3.05, 3.63) is 84.3 Å².